The standard InChI is InChI=1S/C39H53NO6/c1-34(2)17-19-39(33(45)46-23-40-31(43)24-9-7-8-10-25(24)32(40)44)20-18-37(5)26(27(39)21-34)11-12-29-35(3)15-14-30(42)36(4,22-41)28(35)13-16-38(29,37)6/h7-11,27-30,41-42H,12-23H2,1-6H3/t27-,28+,29+,30-,35-,36-,37+,38+,39-/m0/s1. The first-order valence-corrected chi connectivity index (χ1v) is 17.7. The number of amides is 2. The van der Waals surface area contributed by atoms with Crippen LogP contribution in [0.3, 0.4) is 0 Å². The van der Waals surface area contributed by atoms with E-state index in [0.29, 0.717) is 17.0 Å². The van der Waals surface area contributed by atoms with Gasteiger partial charge in [-0.1, -0.05) is 65.3 Å². The topological polar surface area (TPSA) is 104 Å². The van der Waals surface area contributed by atoms with Crippen LogP contribution in [-0.2, 0) is 9.53 Å². The van der Waals surface area contributed by atoms with Gasteiger partial charge >= 0.3 is 5.97 Å². The van der Waals surface area contributed by atoms with Crippen molar-refractivity contribution in [2.24, 2.45) is 50.2 Å². The molecule has 0 bridgehead atoms. The third-order valence-electron chi connectivity index (χ3n) is 15.4. The predicted molar refractivity (Wildman–Crippen MR) is 174 cm³/mol. The summed E-state index contributed by atoms with van der Waals surface area (Å²) in [7, 11) is 0. The Morgan fingerprint density at radius 2 is 1.54 bits per heavy atom. The fourth-order valence-corrected chi connectivity index (χ4v) is 12.3. The Labute approximate surface area is 274 Å². The van der Waals surface area contributed by atoms with Crippen molar-refractivity contribution in [3.8, 4) is 0 Å². The Morgan fingerprint density at radius 1 is 0.891 bits per heavy atom. The number of imide groups is 1. The number of hydrogen-bond donors (Lipinski definition) is 2. The zero-order valence-electron chi connectivity index (χ0n) is 28.7. The van der Waals surface area contributed by atoms with Gasteiger partial charge in [0.15, 0.2) is 6.73 Å². The van der Waals surface area contributed by atoms with Crippen molar-refractivity contribution in [3.63, 3.8) is 0 Å². The number of allylic oxidation sites excluding steroid dienone is 2. The van der Waals surface area contributed by atoms with Crippen LogP contribution in [-0.4, -0.2) is 52.3 Å². The highest BCUT2D eigenvalue weighted by atomic mass is 16.5. The normalized spacial score (nSPS) is 44.3. The lowest BCUT2D eigenvalue weighted by molar-refractivity contribution is -0.217. The van der Waals surface area contributed by atoms with Gasteiger partial charge in [0, 0.05) is 5.41 Å². The van der Waals surface area contributed by atoms with E-state index in [2.05, 4.69) is 47.6 Å². The number of aliphatic hydroxyl groups is 2. The van der Waals surface area contributed by atoms with Crippen molar-refractivity contribution in [1.29, 1.82) is 0 Å². The van der Waals surface area contributed by atoms with Crippen LogP contribution in [0.4, 0.5) is 0 Å². The van der Waals surface area contributed by atoms with Gasteiger partial charge in [-0.3, -0.25) is 14.4 Å². The van der Waals surface area contributed by atoms with Gasteiger partial charge in [0.2, 0.25) is 0 Å². The molecule has 4 saturated carbocycles. The average molecular weight is 632 g/mol. The first-order valence-electron chi connectivity index (χ1n) is 17.7. The molecule has 7 nitrogen and oxygen atoms in total. The predicted octanol–water partition coefficient (Wildman–Crippen LogP) is 6.92. The summed E-state index contributed by atoms with van der Waals surface area (Å²) in [6.07, 6.45) is 10.9. The van der Waals surface area contributed by atoms with E-state index in [0.717, 1.165) is 69.1 Å². The van der Waals surface area contributed by atoms with Gasteiger partial charge in [-0.15, -0.1) is 0 Å². The molecule has 0 spiro atoms. The third-order valence-corrected chi connectivity index (χ3v) is 15.4. The minimum absolute atomic E-state index is 0.0126. The van der Waals surface area contributed by atoms with Crippen LogP contribution in [0.5, 0.6) is 0 Å². The molecule has 4 fully saturated rings. The number of aliphatic hydroxyl groups excluding tert-OH is 2. The van der Waals surface area contributed by atoms with Crippen molar-refractivity contribution in [3.05, 3.63) is 47.0 Å². The second kappa shape index (κ2) is 10.2. The molecule has 0 saturated heterocycles. The molecule has 250 valence electrons. The van der Waals surface area contributed by atoms with Gasteiger partial charge in [0.05, 0.1) is 29.3 Å². The van der Waals surface area contributed by atoms with Gasteiger partial charge < -0.3 is 14.9 Å². The molecule has 2 amide bonds. The molecule has 1 heterocycles. The maximum atomic E-state index is 14.4. The van der Waals surface area contributed by atoms with E-state index >= 15 is 0 Å². The van der Waals surface area contributed by atoms with E-state index in [9.17, 15) is 24.6 Å². The van der Waals surface area contributed by atoms with Gasteiger partial charge in [-0.05, 0) is 116 Å². The van der Waals surface area contributed by atoms with Crippen molar-refractivity contribution in [2.45, 2.75) is 112 Å². The van der Waals surface area contributed by atoms with E-state index in [1.807, 2.05) is 0 Å². The second-order valence-electron chi connectivity index (χ2n) is 17.7. The van der Waals surface area contributed by atoms with Crippen molar-refractivity contribution in [2.75, 3.05) is 13.3 Å². The lowest BCUT2D eigenvalue weighted by atomic mass is 9.33. The van der Waals surface area contributed by atoms with Crippen molar-refractivity contribution >= 4 is 17.8 Å². The van der Waals surface area contributed by atoms with Crippen LogP contribution < -0.4 is 0 Å². The Morgan fingerprint density at radius 3 is 2.20 bits per heavy atom. The fourth-order valence-electron chi connectivity index (χ4n) is 12.3. The molecule has 7 rings (SSSR count). The molecule has 1 aliphatic heterocycles. The molecule has 0 unspecified atom stereocenters. The number of carbonyl (C=O) groups excluding carboxylic acids is 3. The maximum Gasteiger partial charge on any atom is 0.314 e. The number of hydrogen-bond acceptors (Lipinski definition) is 6. The molecule has 7 heteroatoms. The Kier molecular flexibility index (Phi) is 7.14. The van der Waals surface area contributed by atoms with E-state index in [1.165, 1.54) is 5.57 Å². The Hall–Kier alpha value is -2.51. The first-order chi connectivity index (χ1) is 21.6. The second-order valence-corrected chi connectivity index (χ2v) is 17.7. The van der Waals surface area contributed by atoms with Crippen LogP contribution in [0.25, 0.3) is 0 Å². The molecule has 2 N–H and O–H groups in total. The minimum atomic E-state index is -0.672. The number of nitrogens with zero attached hydrogens (tertiary/aromatic N) is 1. The molecule has 0 radical (unpaired) electrons. The number of carbonyl (C=O) groups is 3. The smallest absolute Gasteiger partial charge is 0.314 e. The average Bonchev–Trinajstić information content (AvgIpc) is 3.26. The quantitative estimate of drug-likeness (QED) is 0.213. The van der Waals surface area contributed by atoms with Crippen molar-refractivity contribution < 1.29 is 29.3 Å². The van der Waals surface area contributed by atoms with E-state index in [-0.39, 0.29) is 52.8 Å². The van der Waals surface area contributed by atoms with Crippen molar-refractivity contribution in [1.82, 2.24) is 4.90 Å². The molecule has 6 aliphatic rings. The minimum Gasteiger partial charge on any atom is -0.443 e. The lowest BCUT2D eigenvalue weighted by Crippen LogP contribution is -2.66. The number of ether oxygens (including phenoxy) is 1. The summed E-state index contributed by atoms with van der Waals surface area (Å²) in [5.41, 5.74) is 1.02. The third kappa shape index (κ3) is 4.06. The Bertz CT molecular complexity index is 1480. The SMILES string of the molecule is CC1(C)CC[C@]2(C(=O)OCN3C(=O)c4ccccc4C3=O)CC[C@]3(C)C(=CC[C@@H]4[C@@]5(C)CC[C@H](O)[C@@](C)(CO)[C@@H]5CC[C@]43C)[C@@H]2C1. The lowest BCUT2D eigenvalue weighted by Gasteiger charge is -2.71. The summed E-state index contributed by atoms with van der Waals surface area (Å²) in [5, 5.41) is 21.6. The van der Waals surface area contributed by atoms with Gasteiger partial charge in [0.25, 0.3) is 11.8 Å². The van der Waals surface area contributed by atoms with Crippen LogP contribution >= 0.6 is 0 Å². The Balaban J connectivity index is 1.20. The summed E-state index contributed by atoms with van der Waals surface area (Å²) in [6.45, 7) is 13.8. The van der Waals surface area contributed by atoms with Crippen LogP contribution in [0.1, 0.15) is 126 Å². The summed E-state index contributed by atoms with van der Waals surface area (Å²) in [6, 6.07) is 6.78. The van der Waals surface area contributed by atoms with Gasteiger partial charge in [-0.2, -0.15) is 0 Å². The largest absolute Gasteiger partial charge is 0.443 e. The first kappa shape index (κ1) is 32.1. The number of fused-ring (bicyclic) bond motifs is 8. The molecule has 46 heavy (non-hydrogen) atoms. The zero-order chi connectivity index (χ0) is 33.1. The van der Waals surface area contributed by atoms with E-state index < -0.39 is 28.7 Å². The number of benzene rings is 1. The highest BCUT2D eigenvalue weighted by molar-refractivity contribution is 6.21. The van der Waals surface area contributed by atoms with Crippen LogP contribution in [0.2, 0.25) is 0 Å². The number of rotatable bonds is 4. The molecule has 5 aliphatic carbocycles. The highest BCUT2D eigenvalue weighted by Crippen LogP contribution is 2.75. The molecule has 1 aromatic carbocycles. The van der Waals surface area contributed by atoms with Gasteiger partial charge in [0.1, 0.15) is 0 Å². The molecular formula is C39H53NO6. The summed E-state index contributed by atoms with van der Waals surface area (Å²) in [5.74, 6) is -0.350. The van der Waals surface area contributed by atoms with E-state index in [4.69, 9.17) is 4.74 Å². The fraction of sp³-hybridized carbons (Fsp3) is 0.718. The number of esters is 1. The van der Waals surface area contributed by atoms with Crippen LogP contribution in [0.15, 0.2) is 35.9 Å². The molecule has 9 atom stereocenters. The zero-order valence-corrected chi connectivity index (χ0v) is 28.7. The molecule has 0 aromatic heterocycles. The summed E-state index contributed by atoms with van der Waals surface area (Å²) >= 11 is 0. The van der Waals surface area contributed by atoms with Gasteiger partial charge in [-0.25, -0.2) is 4.90 Å². The molecule has 1 aromatic rings. The monoisotopic (exact) mass is 631 g/mol. The summed E-state index contributed by atoms with van der Waals surface area (Å²) in [4.78, 5) is 41.5. The molecular weight excluding hydrogens is 578 g/mol. The van der Waals surface area contributed by atoms with E-state index in [1.54, 1.807) is 24.3 Å². The maximum absolute atomic E-state index is 14.4. The van der Waals surface area contributed by atoms with Crippen LogP contribution in [0, 0.1) is 50.2 Å². The highest BCUT2D eigenvalue weighted by Gasteiger charge is 2.69. The summed E-state index contributed by atoms with van der Waals surface area (Å²) < 4.78 is 6.01.